The predicted octanol–water partition coefficient (Wildman–Crippen LogP) is 1.60. The van der Waals surface area contributed by atoms with Gasteiger partial charge < -0.3 is 9.84 Å². The molecule has 1 atom stereocenters. The Morgan fingerprint density at radius 1 is 1.50 bits per heavy atom. The van der Waals surface area contributed by atoms with E-state index in [1.807, 2.05) is 0 Å². The van der Waals surface area contributed by atoms with Crippen molar-refractivity contribution < 1.29 is 23.0 Å². The Bertz CT molecular complexity index is 186. The number of ether oxygens (including phenoxy) is 1. The molecule has 1 aliphatic heterocycles. The van der Waals surface area contributed by atoms with Crippen LogP contribution in [0.1, 0.15) is 12.8 Å². The van der Waals surface area contributed by atoms with Crippen molar-refractivity contribution in [2.45, 2.75) is 25.1 Å². The van der Waals surface area contributed by atoms with Crippen molar-refractivity contribution in [2.75, 3.05) is 6.61 Å². The van der Waals surface area contributed by atoms with E-state index in [9.17, 15) is 13.2 Å². The van der Waals surface area contributed by atoms with E-state index in [1.54, 1.807) is 0 Å². The summed E-state index contributed by atoms with van der Waals surface area (Å²) in [6.45, 7) is 0.249. The lowest BCUT2D eigenvalue weighted by Gasteiger charge is -2.21. The molecule has 0 fully saturated rings. The van der Waals surface area contributed by atoms with E-state index in [0.29, 0.717) is 12.8 Å². The molecule has 12 heavy (non-hydrogen) atoms. The van der Waals surface area contributed by atoms with Crippen LogP contribution >= 0.6 is 0 Å². The summed E-state index contributed by atoms with van der Waals surface area (Å²) in [6.07, 6.45) is -4.57. The molecule has 0 bridgehead atoms. The molecule has 0 aliphatic carbocycles. The highest BCUT2D eigenvalue weighted by Gasteiger charge is 2.42. The van der Waals surface area contributed by atoms with Gasteiger partial charge in [0.05, 0.1) is 6.61 Å². The van der Waals surface area contributed by atoms with Gasteiger partial charge in [-0.25, -0.2) is 0 Å². The molecule has 0 radical (unpaired) electrons. The molecule has 0 aromatic carbocycles. The summed E-state index contributed by atoms with van der Waals surface area (Å²) in [5, 5.41) is 8.69. The van der Waals surface area contributed by atoms with Crippen LogP contribution in [-0.4, -0.2) is 24.0 Å². The van der Waals surface area contributed by atoms with E-state index in [-0.39, 0.29) is 12.4 Å². The summed E-state index contributed by atoms with van der Waals surface area (Å²) in [5.41, 5.74) is 0. The molecule has 2 nitrogen and oxygen atoms in total. The van der Waals surface area contributed by atoms with Gasteiger partial charge in [-0.3, -0.25) is 0 Å². The maximum Gasteiger partial charge on any atom is 0.421 e. The Morgan fingerprint density at radius 3 is 2.58 bits per heavy atom. The van der Waals surface area contributed by atoms with Crippen LogP contribution < -0.4 is 0 Å². The maximum absolute atomic E-state index is 11.9. The van der Waals surface area contributed by atoms with E-state index in [2.05, 4.69) is 4.74 Å². The Morgan fingerprint density at radius 2 is 2.17 bits per heavy atom. The molecule has 0 spiro atoms. The van der Waals surface area contributed by atoms with Crippen molar-refractivity contribution in [1.29, 1.82) is 0 Å². The maximum atomic E-state index is 11.9. The second kappa shape index (κ2) is 3.35. The molecule has 0 saturated carbocycles. The molecule has 0 amide bonds. The van der Waals surface area contributed by atoms with Crippen LogP contribution in [0.2, 0.25) is 0 Å². The molecule has 1 aliphatic rings. The van der Waals surface area contributed by atoms with Crippen molar-refractivity contribution in [3.05, 3.63) is 11.8 Å². The fourth-order valence-corrected chi connectivity index (χ4v) is 0.928. The van der Waals surface area contributed by atoms with E-state index in [4.69, 9.17) is 5.11 Å². The number of allylic oxidation sites excluding steroid dienone is 1. The van der Waals surface area contributed by atoms with Crippen molar-refractivity contribution >= 4 is 0 Å². The summed E-state index contributed by atoms with van der Waals surface area (Å²) in [5.74, 6) is -0.367. The summed E-state index contributed by atoms with van der Waals surface area (Å²) in [4.78, 5) is 0. The standard InChI is InChI=1S/C7H9F3O2/c8-7(9,10)6(11)5-3-1-2-4-12-5/h3,6,11H,1-2,4H2/t6-/m1/s1. The predicted molar refractivity (Wildman–Crippen MR) is 35.3 cm³/mol. The average molecular weight is 182 g/mol. The van der Waals surface area contributed by atoms with Gasteiger partial charge in [0.25, 0.3) is 0 Å². The molecule has 1 N–H and O–H groups in total. The van der Waals surface area contributed by atoms with Crippen molar-refractivity contribution in [3.63, 3.8) is 0 Å². The first-order valence-corrected chi connectivity index (χ1v) is 3.59. The lowest BCUT2D eigenvalue weighted by atomic mass is 10.2. The summed E-state index contributed by atoms with van der Waals surface area (Å²) < 4.78 is 40.2. The normalized spacial score (nSPS) is 21.2. The topological polar surface area (TPSA) is 29.5 Å². The highest BCUT2D eigenvalue weighted by Crippen LogP contribution is 2.27. The van der Waals surface area contributed by atoms with E-state index in [1.165, 1.54) is 6.08 Å². The molecule has 0 aromatic heterocycles. The van der Waals surface area contributed by atoms with Crippen LogP contribution in [0.25, 0.3) is 0 Å². The highest BCUT2D eigenvalue weighted by molar-refractivity contribution is 5.04. The smallest absolute Gasteiger partial charge is 0.421 e. The molecule has 0 unspecified atom stereocenters. The molecular weight excluding hydrogens is 173 g/mol. The Labute approximate surface area is 67.6 Å². The molecule has 1 heterocycles. The number of halogens is 3. The van der Waals surface area contributed by atoms with Crippen molar-refractivity contribution in [1.82, 2.24) is 0 Å². The van der Waals surface area contributed by atoms with E-state index >= 15 is 0 Å². The van der Waals surface area contributed by atoms with Crippen LogP contribution in [0.5, 0.6) is 0 Å². The Kier molecular flexibility index (Phi) is 2.62. The first-order chi connectivity index (χ1) is 5.52. The van der Waals surface area contributed by atoms with Gasteiger partial charge in [-0.2, -0.15) is 13.2 Å². The fraction of sp³-hybridized carbons (Fsp3) is 0.714. The molecular formula is C7H9F3O2. The lowest BCUT2D eigenvalue weighted by Crippen LogP contribution is -2.32. The number of rotatable bonds is 1. The van der Waals surface area contributed by atoms with E-state index in [0.717, 1.165) is 0 Å². The van der Waals surface area contributed by atoms with Crippen LogP contribution in [-0.2, 0) is 4.74 Å². The molecule has 0 saturated heterocycles. The Balaban J connectivity index is 2.62. The third-order valence-electron chi connectivity index (χ3n) is 1.54. The van der Waals surface area contributed by atoms with E-state index < -0.39 is 12.3 Å². The minimum absolute atomic E-state index is 0.249. The molecule has 70 valence electrons. The first-order valence-electron chi connectivity index (χ1n) is 3.59. The van der Waals surface area contributed by atoms with Gasteiger partial charge in [-0.15, -0.1) is 0 Å². The summed E-state index contributed by atoms with van der Waals surface area (Å²) >= 11 is 0. The van der Waals surface area contributed by atoms with Crippen LogP contribution in [0.3, 0.4) is 0 Å². The third-order valence-corrected chi connectivity index (χ3v) is 1.54. The van der Waals surface area contributed by atoms with Gasteiger partial charge in [0.1, 0.15) is 5.76 Å². The quantitative estimate of drug-likeness (QED) is 0.667. The average Bonchev–Trinajstić information content (AvgIpc) is 2.03. The largest absolute Gasteiger partial charge is 0.495 e. The van der Waals surface area contributed by atoms with Gasteiger partial charge in [-0.05, 0) is 18.9 Å². The zero-order valence-electron chi connectivity index (χ0n) is 6.27. The number of aliphatic hydroxyl groups excluding tert-OH is 1. The van der Waals surface area contributed by atoms with Gasteiger partial charge in [0, 0.05) is 0 Å². The number of hydrogen-bond donors (Lipinski definition) is 1. The molecule has 0 aromatic rings. The summed E-state index contributed by atoms with van der Waals surface area (Å²) in [7, 11) is 0. The monoisotopic (exact) mass is 182 g/mol. The first kappa shape index (κ1) is 9.38. The second-order valence-electron chi connectivity index (χ2n) is 2.54. The molecule has 5 heteroatoms. The highest BCUT2D eigenvalue weighted by atomic mass is 19.4. The second-order valence-corrected chi connectivity index (χ2v) is 2.54. The van der Waals surface area contributed by atoms with Crippen LogP contribution in [0.15, 0.2) is 11.8 Å². The van der Waals surface area contributed by atoms with Gasteiger partial charge in [0.2, 0.25) is 6.10 Å². The van der Waals surface area contributed by atoms with Crippen molar-refractivity contribution in [3.8, 4) is 0 Å². The number of aliphatic hydroxyl groups is 1. The van der Waals surface area contributed by atoms with Gasteiger partial charge >= 0.3 is 6.18 Å². The van der Waals surface area contributed by atoms with Gasteiger partial charge in [-0.1, -0.05) is 0 Å². The summed E-state index contributed by atoms with van der Waals surface area (Å²) in [6, 6.07) is 0. The molecule has 1 rings (SSSR count). The number of hydrogen-bond acceptors (Lipinski definition) is 2. The zero-order valence-corrected chi connectivity index (χ0v) is 6.27. The van der Waals surface area contributed by atoms with Crippen LogP contribution in [0, 0.1) is 0 Å². The van der Waals surface area contributed by atoms with Gasteiger partial charge in [0.15, 0.2) is 0 Å². The van der Waals surface area contributed by atoms with Crippen molar-refractivity contribution in [2.24, 2.45) is 0 Å². The third kappa shape index (κ3) is 2.14. The number of alkyl halides is 3. The minimum atomic E-state index is -4.62. The Hall–Kier alpha value is -0.710. The zero-order chi connectivity index (χ0) is 9.19. The SMILES string of the molecule is O[C@H](C1=CCCCO1)C(F)(F)F. The fourth-order valence-electron chi connectivity index (χ4n) is 0.928. The lowest BCUT2D eigenvalue weighted by molar-refractivity contribution is -0.202. The van der Waals surface area contributed by atoms with Crippen LogP contribution in [0.4, 0.5) is 13.2 Å². The minimum Gasteiger partial charge on any atom is -0.495 e.